The van der Waals surface area contributed by atoms with Crippen LogP contribution in [0.4, 0.5) is 0 Å². The third-order valence-electron chi connectivity index (χ3n) is 7.59. The number of carbonyl (C=O) groups excluding carboxylic acids is 4. The highest BCUT2D eigenvalue weighted by molar-refractivity contribution is 6.11. The minimum absolute atomic E-state index is 0.214. The number of para-hydroxylation sites is 1. The highest BCUT2D eigenvalue weighted by Crippen LogP contribution is 2.79. The van der Waals surface area contributed by atoms with E-state index in [1.165, 1.54) is 14.2 Å². The van der Waals surface area contributed by atoms with Gasteiger partial charge in [0.1, 0.15) is 6.42 Å². The summed E-state index contributed by atoms with van der Waals surface area (Å²) in [7, 11) is 2.56. The van der Waals surface area contributed by atoms with Crippen LogP contribution in [-0.2, 0) is 30.3 Å². The topological polar surface area (TPSA) is 94.9 Å². The Kier molecular flexibility index (Phi) is 4.10. The van der Waals surface area contributed by atoms with Crippen molar-refractivity contribution in [3.8, 4) is 0 Å². The number of nitrogens with zero attached hydrogens (tertiary/aromatic N) is 2. The number of piperidine rings is 1. The van der Waals surface area contributed by atoms with E-state index in [2.05, 4.69) is 0 Å². The molecule has 1 amide bonds. The maximum Gasteiger partial charge on any atom is 0.322 e. The van der Waals surface area contributed by atoms with Crippen LogP contribution in [-0.4, -0.2) is 54.0 Å². The SMILES string of the molecule is CCC12CC1(C(=O)OC)C(=O)N1CCc3c(n(C(=O)CC(=O)OC)c4ccccc34)C12. The van der Waals surface area contributed by atoms with E-state index in [0.29, 0.717) is 31.3 Å². The Labute approximate surface area is 179 Å². The number of methoxy groups -OCH3 is 2. The number of esters is 2. The summed E-state index contributed by atoms with van der Waals surface area (Å²) in [5.74, 6) is -1.73. The summed E-state index contributed by atoms with van der Waals surface area (Å²) in [5.41, 5.74) is 0.626. The molecule has 3 heterocycles. The standard InChI is InChI=1S/C23H24N2O6/c1-4-22-12-23(22,21(29)31-3)20(28)24-10-9-14-13-7-5-6-8-15(13)25(18(14)19(22)24)16(26)11-17(27)30-2/h5-8,19H,4,9-12H2,1-3H3. The van der Waals surface area contributed by atoms with Gasteiger partial charge in [0.2, 0.25) is 11.8 Å². The van der Waals surface area contributed by atoms with Gasteiger partial charge in [-0.05, 0) is 30.9 Å². The Bertz CT molecular complexity index is 1170. The van der Waals surface area contributed by atoms with E-state index >= 15 is 0 Å². The van der Waals surface area contributed by atoms with Crippen molar-refractivity contribution in [2.24, 2.45) is 10.8 Å². The first-order valence-corrected chi connectivity index (χ1v) is 10.5. The molecule has 8 heteroatoms. The second kappa shape index (κ2) is 6.42. The molecule has 8 nitrogen and oxygen atoms in total. The van der Waals surface area contributed by atoms with Crippen LogP contribution < -0.4 is 0 Å². The molecule has 2 fully saturated rings. The molecular weight excluding hydrogens is 400 g/mol. The number of rotatable bonds is 4. The van der Waals surface area contributed by atoms with Gasteiger partial charge in [-0.1, -0.05) is 25.1 Å². The van der Waals surface area contributed by atoms with Gasteiger partial charge in [0.05, 0.1) is 31.5 Å². The molecule has 0 radical (unpaired) electrons. The minimum Gasteiger partial charge on any atom is -0.469 e. The van der Waals surface area contributed by atoms with Crippen molar-refractivity contribution in [1.29, 1.82) is 0 Å². The summed E-state index contributed by atoms with van der Waals surface area (Å²) < 4.78 is 11.3. The van der Waals surface area contributed by atoms with Crippen molar-refractivity contribution >= 4 is 34.7 Å². The molecule has 0 N–H and O–H groups in total. The zero-order chi connectivity index (χ0) is 22.1. The Morgan fingerprint density at radius 1 is 1.16 bits per heavy atom. The fraction of sp³-hybridized carbons (Fsp3) is 0.478. The van der Waals surface area contributed by atoms with Crippen LogP contribution in [0.5, 0.6) is 0 Å². The van der Waals surface area contributed by atoms with Crippen LogP contribution in [0.2, 0.25) is 0 Å². The highest BCUT2D eigenvalue weighted by atomic mass is 16.5. The maximum absolute atomic E-state index is 13.5. The van der Waals surface area contributed by atoms with Gasteiger partial charge in [0.25, 0.3) is 0 Å². The van der Waals surface area contributed by atoms with E-state index in [0.717, 1.165) is 16.6 Å². The Hall–Kier alpha value is -3.16. The molecule has 1 saturated heterocycles. The maximum atomic E-state index is 13.5. The van der Waals surface area contributed by atoms with E-state index in [1.807, 2.05) is 31.2 Å². The molecule has 1 saturated carbocycles. The number of aromatic nitrogens is 1. The molecule has 1 aliphatic carbocycles. The first kappa shape index (κ1) is 19.8. The number of ether oxygens (including phenoxy) is 2. The average Bonchev–Trinajstić information content (AvgIpc) is 3.30. The molecule has 3 unspecified atom stereocenters. The summed E-state index contributed by atoms with van der Waals surface area (Å²) in [4.78, 5) is 53.1. The molecule has 31 heavy (non-hydrogen) atoms. The number of hydrogen-bond donors (Lipinski definition) is 0. The molecule has 3 atom stereocenters. The van der Waals surface area contributed by atoms with Gasteiger partial charge >= 0.3 is 11.9 Å². The predicted molar refractivity (Wildman–Crippen MR) is 109 cm³/mol. The lowest BCUT2D eigenvalue weighted by atomic mass is 9.83. The van der Waals surface area contributed by atoms with Crippen LogP contribution in [0.3, 0.4) is 0 Å². The van der Waals surface area contributed by atoms with Gasteiger partial charge in [-0.2, -0.15) is 0 Å². The van der Waals surface area contributed by atoms with Gasteiger partial charge < -0.3 is 14.4 Å². The fourth-order valence-electron chi connectivity index (χ4n) is 6.16. The van der Waals surface area contributed by atoms with E-state index in [-0.39, 0.29) is 5.91 Å². The second-order valence-electron chi connectivity index (χ2n) is 8.60. The summed E-state index contributed by atoms with van der Waals surface area (Å²) in [5, 5.41) is 0.935. The lowest BCUT2D eigenvalue weighted by Gasteiger charge is -2.37. The third kappa shape index (κ3) is 2.20. The Morgan fingerprint density at radius 3 is 2.58 bits per heavy atom. The zero-order valence-electron chi connectivity index (χ0n) is 17.8. The largest absolute Gasteiger partial charge is 0.469 e. The summed E-state index contributed by atoms with van der Waals surface area (Å²) in [6, 6.07) is 7.15. The molecule has 2 aromatic rings. The number of fused-ring (bicyclic) bond motifs is 7. The third-order valence-corrected chi connectivity index (χ3v) is 7.59. The molecular formula is C23H24N2O6. The highest BCUT2D eigenvalue weighted by Gasteiger charge is 2.86. The van der Waals surface area contributed by atoms with Gasteiger partial charge in [-0.25, -0.2) is 0 Å². The van der Waals surface area contributed by atoms with Crippen LogP contribution >= 0.6 is 0 Å². The van der Waals surface area contributed by atoms with Crippen molar-refractivity contribution in [3.05, 3.63) is 35.5 Å². The molecule has 2 aliphatic heterocycles. The van der Waals surface area contributed by atoms with Crippen LogP contribution in [0.1, 0.15) is 48.3 Å². The molecule has 5 rings (SSSR count). The van der Waals surface area contributed by atoms with E-state index in [9.17, 15) is 19.2 Å². The smallest absolute Gasteiger partial charge is 0.322 e. The molecule has 0 spiro atoms. The first-order chi connectivity index (χ1) is 14.9. The Balaban J connectivity index is 1.75. The van der Waals surface area contributed by atoms with Crippen molar-refractivity contribution in [1.82, 2.24) is 9.47 Å². The van der Waals surface area contributed by atoms with Gasteiger partial charge in [0.15, 0.2) is 5.41 Å². The number of hydrogen-bond acceptors (Lipinski definition) is 6. The predicted octanol–water partition coefficient (Wildman–Crippen LogP) is 2.24. The average molecular weight is 424 g/mol. The number of carbonyl (C=O) groups is 4. The molecule has 0 bridgehead atoms. The molecule has 1 aromatic carbocycles. The summed E-state index contributed by atoms with van der Waals surface area (Å²) >= 11 is 0. The van der Waals surface area contributed by atoms with Crippen molar-refractivity contribution in [2.45, 2.75) is 38.6 Å². The van der Waals surface area contributed by atoms with Crippen LogP contribution in [0.15, 0.2) is 24.3 Å². The molecule has 3 aliphatic rings. The van der Waals surface area contributed by atoms with Crippen molar-refractivity contribution in [3.63, 3.8) is 0 Å². The molecule has 162 valence electrons. The number of benzene rings is 1. The van der Waals surface area contributed by atoms with Gasteiger partial charge in [0, 0.05) is 17.3 Å². The lowest BCUT2D eigenvalue weighted by Crippen LogP contribution is -2.41. The quantitative estimate of drug-likeness (QED) is 0.552. The monoisotopic (exact) mass is 424 g/mol. The van der Waals surface area contributed by atoms with Crippen molar-refractivity contribution in [2.75, 3.05) is 20.8 Å². The normalized spacial score (nSPS) is 28.0. The minimum atomic E-state index is -1.19. The van der Waals surface area contributed by atoms with E-state index < -0.39 is 41.1 Å². The lowest BCUT2D eigenvalue weighted by molar-refractivity contribution is -0.154. The Morgan fingerprint density at radius 2 is 1.90 bits per heavy atom. The van der Waals surface area contributed by atoms with Crippen LogP contribution in [0, 0.1) is 10.8 Å². The zero-order valence-corrected chi connectivity index (χ0v) is 17.8. The van der Waals surface area contributed by atoms with Crippen molar-refractivity contribution < 1.29 is 28.7 Å². The van der Waals surface area contributed by atoms with Gasteiger partial charge in [-0.15, -0.1) is 0 Å². The number of amides is 1. The summed E-state index contributed by atoms with van der Waals surface area (Å²) in [6.07, 6.45) is 1.19. The molecule has 1 aromatic heterocycles. The first-order valence-electron chi connectivity index (χ1n) is 10.5. The van der Waals surface area contributed by atoms with Crippen LogP contribution in [0.25, 0.3) is 10.9 Å². The fourth-order valence-corrected chi connectivity index (χ4v) is 6.16. The van der Waals surface area contributed by atoms with E-state index in [4.69, 9.17) is 9.47 Å². The second-order valence-corrected chi connectivity index (χ2v) is 8.60. The van der Waals surface area contributed by atoms with E-state index in [1.54, 1.807) is 9.47 Å². The summed E-state index contributed by atoms with van der Waals surface area (Å²) in [6.45, 7) is 2.45. The van der Waals surface area contributed by atoms with Gasteiger partial charge in [-0.3, -0.25) is 23.7 Å².